The van der Waals surface area contributed by atoms with Gasteiger partial charge in [0.15, 0.2) is 0 Å². The zero-order valence-corrected chi connectivity index (χ0v) is 27.0. The lowest BCUT2D eigenvalue weighted by atomic mass is 10.1. The number of phosphoric ester groups is 1. The number of ether oxygens (including phenoxy) is 1. The molecule has 2 rings (SSSR count). The van der Waals surface area contributed by atoms with Crippen LogP contribution in [0, 0.1) is 0 Å². The van der Waals surface area contributed by atoms with E-state index in [1.54, 1.807) is 19.9 Å². The maximum absolute atomic E-state index is 13.0. The minimum Gasteiger partial charge on any atom is -0.489 e. The number of benzene rings is 2. The Bertz CT molecular complexity index is 1230. The Balaban J connectivity index is 1.86. The Labute approximate surface area is 252 Å². The van der Waals surface area contributed by atoms with Crippen molar-refractivity contribution in [2.75, 3.05) is 31.7 Å². The molecule has 2 aromatic carbocycles. The number of para-hydroxylation sites is 1. The first-order chi connectivity index (χ1) is 20.2. The number of anilines is 1. The van der Waals surface area contributed by atoms with Crippen LogP contribution in [0.1, 0.15) is 83.1 Å². The lowest BCUT2D eigenvalue weighted by molar-refractivity contribution is 0.102. The molecule has 0 aliphatic carbocycles. The molecule has 0 bridgehead atoms. The van der Waals surface area contributed by atoms with Gasteiger partial charge in [-0.3, -0.25) is 18.4 Å². The van der Waals surface area contributed by atoms with E-state index in [-0.39, 0.29) is 25.7 Å². The Hall–Kier alpha value is -2.96. The molecule has 0 radical (unpaired) electrons. The second kappa shape index (κ2) is 19.3. The second-order valence-electron chi connectivity index (χ2n) is 10.3. The quantitative estimate of drug-likeness (QED) is 0.128. The molecule has 0 atom stereocenters. The van der Waals surface area contributed by atoms with Crippen molar-refractivity contribution in [3.8, 4) is 5.75 Å². The number of rotatable bonds is 19. The minimum atomic E-state index is -3.53. The first kappa shape index (κ1) is 35.2. The van der Waals surface area contributed by atoms with Gasteiger partial charge in [0, 0.05) is 5.69 Å². The lowest BCUT2D eigenvalue weighted by Gasteiger charge is -2.16. The van der Waals surface area contributed by atoms with Crippen LogP contribution in [0.15, 0.2) is 83.5 Å². The predicted molar refractivity (Wildman–Crippen MR) is 172 cm³/mol. The number of carbonyl (C=O) groups is 1. The average Bonchev–Trinajstić information content (AvgIpc) is 2.94. The third-order valence-corrected chi connectivity index (χ3v) is 8.00. The number of nitrogens with one attached hydrogen (secondary N) is 1. The van der Waals surface area contributed by atoms with Crippen LogP contribution in [-0.4, -0.2) is 32.3 Å². The van der Waals surface area contributed by atoms with Crippen molar-refractivity contribution in [2.24, 2.45) is 0 Å². The van der Waals surface area contributed by atoms with Crippen LogP contribution in [0.2, 0.25) is 0 Å². The number of carbonyl (C=O) groups excluding carboxylic acids is 1. The topological polar surface area (TPSA) is 83.1 Å². The van der Waals surface area contributed by atoms with Crippen molar-refractivity contribution in [3.05, 3.63) is 94.6 Å². The molecule has 2 aromatic rings. The van der Waals surface area contributed by atoms with E-state index in [4.69, 9.17) is 18.3 Å². The SMILES string of the molecule is CCOP(=O)(OCC)OCCc1ccc(NC(=O)c2ccccc2OCC=C(C)CCC=C(C)CCC=C(C)C)cc1. The predicted octanol–water partition coefficient (Wildman–Crippen LogP) is 9.48. The average molecular weight is 598 g/mol. The zero-order valence-electron chi connectivity index (χ0n) is 26.1. The van der Waals surface area contributed by atoms with Gasteiger partial charge in [-0.15, -0.1) is 0 Å². The largest absolute Gasteiger partial charge is 0.489 e. The molecule has 0 aliphatic rings. The van der Waals surface area contributed by atoms with E-state index >= 15 is 0 Å². The highest BCUT2D eigenvalue weighted by atomic mass is 31.2. The van der Waals surface area contributed by atoms with E-state index in [0.717, 1.165) is 31.2 Å². The van der Waals surface area contributed by atoms with E-state index in [1.807, 2.05) is 42.5 Å². The molecule has 8 heteroatoms. The number of allylic oxidation sites excluding steroid dienone is 5. The van der Waals surface area contributed by atoms with Gasteiger partial charge in [-0.2, -0.15) is 0 Å². The number of hydrogen-bond acceptors (Lipinski definition) is 6. The summed E-state index contributed by atoms with van der Waals surface area (Å²) in [7, 11) is -3.53. The van der Waals surface area contributed by atoms with E-state index in [1.165, 1.54) is 16.7 Å². The third-order valence-electron chi connectivity index (χ3n) is 6.35. The van der Waals surface area contributed by atoms with Crippen LogP contribution in [0.25, 0.3) is 0 Å². The molecular weight excluding hydrogens is 549 g/mol. The maximum Gasteiger partial charge on any atom is 0.474 e. The van der Waals surface area contributed by atoms with Crippen LogP contribution >= 0.6 is 7.82 Å². The highest BCUT2D eigenvalue weighted by Gasteiger charge is 2.24. The molecule has 7 nitrogen and oxygen atoms in total. The lowest BCUT2D eigenvalue weighted by Crippen LogP contribution is -2.13. The normalized spacial score (nSPS) is 12.2. The fraction of sp³-hybridized carbons (Fsp3) is 0.441. The second-order valence-corrected chi connectivity index (χ2v) is 12.0. The van der Waals surface area contributed by atoms with Gasteiger partial charge >= 0.3 is 7.82 Å². The molecule has 42 heavy (non-hydrogen) atoms. The molecule has 0 aromatic heterocycles. The highest BCUT2D eigenvalue weighted by molar-refractivity contribution is 7.48. The Morgan fingerprint density at radius 3 is 2.07 bits per heavy atom. The van der Waals surface area contributed by atoms with Crippen LogP contribution in [-0.2, 0) is 24.6 Å². The van der Waals surface area contributed by atoms with Crippen LogP contribution in [0.4, 0.5) is 5.69 Å². The van der Waals surface area contributed by atoms with E-state index in [9.17, 15) is 9.36 Å². The van der Waals surface area contributed by atoms with E-state index in [0.29, 0.717) is 30.0 Å². The summed E-state index contributed by atoms with van der Waals surface area (Å²) in [6.45, 7) is 13.1. The van der Waals surface area contributed by atoms with Crippen molar-refractivity contribution in [1.82, 2.24) is 0 Å². The Kier molecular flexibility index (Phi) is 16.2. The standard InChI is InChI=1S/C34H48NO6P/c1-7-39-42(37,40-8-2)41-26-24-30-19-21-31(22-20-30)35-34(36)32-17-9-10-18-33(32)38-25-23-29(6)16-12-15-28(5)14-11-13-27(3)4/h9-10,13,15,17-23H,7-8,11-12,14,16,24-26H2,1-6H3,(H,35,36). The molecule has 0 unspecified atom stereocenters. The molecule has 0 fully saturated rings. The third kappa shape index (κ3) is 13.8. The van der Waals surface area contributed by atoms with E-state index < -0.39 is 7.82 Å². The summed E-state index contributed by atoms with van der Waals surface area (Å²) in [6.07, 6.45) is 11.4. The van der Waals surface area contributed by atoms with Gasteiger partial charge in [0.2, 0.25) is 0 Å². The van der Waals surface area contributed by atoms with Gasteiger partial charge in [0.05, 0.1) is 25.4 Å². The molecule has 1 N–H and O–H groups in total. The summed E-state index contributed by atoms with van der Waals surface area (Å²) in [6, 6.07) is 14.7. The van der Waals surface area contributed by atoms with Gasteiger partial charge in [0.1, 0.15) is 12.4 Å². The van der Waals surface area contributed by atoms with Crippen molar-refractivity contribution in [1.29, 1.82) is 0 Å². The van der Waals surface area contributed by atoms with Gasteiger partial charge in [-0.25, -0.2) is 4.57 Å². The summed E-state index contributed by atoms with van der Waals surface area (Å²) < 4.78 is 34.1. The smallest absolute Gasteiger partial charge is 0.474 e. The first-order valence-corrected chi connectivity index (χ1v) is 16.2. The highest BCUT2D eigenvalue weighted by Crippen LogP contribution is 2.49. The number of phosphoric acid groups is 1. The summed E-state index contributed by atoms with van der Waals surface area (Å²) >= 11 is 0. The monoisotopic (exact) mass is 597 g/mol. The molecule has 0 spiro atoms. The molecular formula is C34H48NO6P. The van der Waals surface area contributed by atoms with Gasteiger partial charge < -0.3 is 10.1 Å². The van der Waals surface area contributed by atoms with Gasteiger partial charge in [0.25, 0.3) is 5.91 Å². The number of hydrogen-bond donors (Lipinski definition) is 1. The van der Waals surface area contributed by atoms with Crippen molar-refractivity contribution in [3.63, 3.8) is 0 Å². The van der Waals surface area contributed by atoms with Crippen LogP contribution in [0.5, 0.6) is 5.75 Å². The molecule has 0 heterocycles. The van der Waals surface area contributed by atoms with E-state index in [2.05, 4.69) is 51.2 Å². The van der Waals surface area contributed by atoms with Gasteiger partial charge in [-0.1, -0.05) is 53.1 Å². The summed E-state index contributed by atoms with van der Waals surface area (Å²) in [5.41, 5.74) is 6.14. The molecule has 230 valence electrons. The fourth-order valence-electron chi connectivity index (χ4n) is 4.05. The van der Waals surface area contributed by atoms with Gasteiger partial charge in [-0.05, 0) is 110 Å². The minimum absolute atomic E-state index is 0.189. The molecule has 1 amide bonds. The molecule has 0 saturated carbocycles. The van der Waals surface area contributed by atoms with Crippen LogP contribution in [0.3, 0.4) is 0 Å². The van der Waals surface area contributed by atoms with Crippen molar-refractivity contribution >= 4 is 19.4 Å². The summed E-state index contributed by atoms with van der Waals surface area (Å²) in [4.78, 5) is 13.0. The Morgan fingerprint density at radius 1 is 0.810 bits per heavy atom. The summed E-state index contributed by atoms with van der Waals surface area (Å²) in [5.74, 6) is 0.293. The van der Waals surface area contributed by atoms with Crippen molar-refractivity contribution in [2.45, 2.75) is 73.6 Å². The first-order valence-electron chi connectivity index (χ1n) is 14.8. The maximum atomic E-state index is 13.0. The Morgan fingerprint density at radius 2 is 1.43 bits per heavy atom. The molecule has 0 saturated heterocycles. The zero-order chi connectivity index (χ0) is 30.8. The summed E-state index contributed by atoms with van der Waals surface area (Å²) in [5, 5.41) is 2.94. The molecule has 0 aliphatic heterocycles. The van der Waals surface area contributed by atoms with Crippen molar-refractivity contribution < 1.29 is 27.7 Å². The number of amides is 1. The van der Waals surface area contributed by atoms with Crippen LogP contribution < -0.4 is 10.1 Å². The fourth-order valence-corrected chi connectivity index (χ4v) is 5.22.